The van der Waals surface area contributed by atoms with Crippen LogP contribution in [0.25, 0.3) is 0 Å². The normalized spacial score (nSPS) is 22.1. The van der Waals surface area contributed by atoms with Gasteiger partial charge in [0.1, 0.15) is 11.9 Å². The van der Waals surface area contributed by atoms with Crippen molar-refractivity contribution in [1.29, 1.82) is 0 Å². The van der Waals surface area contributed by atoms with Gasteiger partial charge in [-0.25, -0.2) is 0 Å². The first-order chi connectivity index (χ1) is 8.74. The van der Waals surface area contributed by atoms with Crippen molar-refractivity contribution in [3.8, 4) is 5.75 Å². The Bertz CT molecular complexity index is 554. The Morgan fingerprint density at radius 3 is 2.67 bits per heavy atom. The molecule has 0 saturated heterocycles. The molecule has 3 rings (SSSR count). The first kappa shape index (κ1) is 11.6. The van der Waals surface area contributed by atoms with E-state index < -0.39 is 6.10 Å². The molecule has 0 amide bonds. The molecule has 0 spiro atoms. The van der Waals surface area contributed by atoms with E-state index in [1.54, 1.807) is 12.1 Å². The Hall–Kier alpha value is -1.51. The summed E-state index contributed by atoms with van der Waals surface area (Å²) in [4.78, 5) is 0. The Balaban J connectivity index is 1.95. The number of rotatable bonds is 1. The molecule has 0 saturated carbocycles. The minimum atomic E-state index is -0.530. The molecule has 1 heterocycles. The van der Waals surface area contributed by atoms with Gasteiger partial charge in [-0.1, -0.05) is 41.9 Å². The van der Waals surface area contributed by atoms with E-state index in [0.717, 1.165) is 11.1 Å². The zero-order chi connectivity index (χ0) is 12.5. The number of fused-ring (bicyclic) bond motifs is 1. The third-order valence-electron chi connectivity index (χ3n) is 3.21. The van der Waals surface area contributed by atoms with Crippen LogP contribution in [0.1, 0.15) is 29.8 Å². The quantitative estimate of drug-likeness (QED) is 0.843. The summed E-state index contributed by atoms with van der Waals surface area (Å²) in [6.45, 7) is 0. The smallest absolute Gasteiger partial charge is 0.127 e. The van der Waals surface area contributed by atoms with Gasteiger partial charge >= 0.3 is 0 Å². The largest absolute Gasteiger partial charge is 0.485 e. The van der Waals surface area contributed by atoms with Gasteiger partial charge in [-0.15, -0.1) is 0 Å². The van der Waals surface area contributed by atoms with Crippen LogP contribution in [0.5, 0.6) is 5.75 Å². The van der Waals surface area contributed by atoms with Crippen LogP contribution in [-0.4, -0.2) is 5.11 Å². The first-order valence-corrected chi connectivity index (χ1v) is 6.31. The van der Waals surface area contributed by atoms with Gasteiger partial charge in [0.15, 0.2) is 0 Å². The third kappa shape index (κ3) is 2.09. The molecule has 18 heavy (non-hydrogen) atoms. The summed E-state index contributed by atoms with van der Waals surface area (Å²) in [5.74, 6) is 0.715. The van der Waals surface area contributed by atoms with E-state index in [1.807, 2.05) is 36.4 Å². The molecule has 1 aliphatic rings. The Labute approximate surface area is 111 Å². The van der Waals surface area contributed by atoms with E-state index in [0.29, 0.717) is 17.2 Å². The highest BCUT2D eigenvalue weighted by Crippen LogP contribution is 2.41. The van der Waals surface area contributed by atoms with Crippen LogP contribution in [0.15, 0.2) is 48.5 Å². The van der Waals surface area contributed by atoms with Gasteiger partial charge in [0, 0.05) is 17.0 Å². The molecule has 1 N–H and O–H groups in total. The fourth-order valence-corrected chi connectivity index (χ4v) is 2.47. The van der Waals surface area contributed by atoms with Crippen molar-refractivity contribution in [3.05, 3.63) is 64.7 Å². The monoisotopic (exact) mass is 260 g/mol. The molecule has 2 nitrogen and oxygen atoms in total. The topological polar surface area (TPSA) is 29.5 Å². The summed E-state index contributed by atoms with van der Waals surface area (Å²) in [5, 5.41) is 10.8. The summed E-state index contributed by atoms with van der Waals surface area (Å²) in [5.41, 5.74) is 1.85. The molecule has 1 aliphatic heterocycles. The van der Waals surface area contributed by atoms with Gasteiger partial charge in [0.2, 0.25) is 0 Å². The van der Waals surface area contributed by atoms with E-state index in [2.05, 4.69) is 0 Å². The van der Waals surface area contributed by atoms with E-state index >= 15 is 0 Å². The average molecular weight is 261 g/mol. The lowest BCUT2D eigenvalue weighted by Crippen LogP contribution is -2.18. The zero-order valence-electron chi connectivity index (χ0n) is 9.71. The lowest BCUT2D eigenvalue weighted by molar-refractivity contribution is 0.0657. The molecule has 2 aromatic carbocycles. The SMILES string of the molecule is OC1CC(c2ccccc2)Oc2ccc(Cl)cc21. The number of aliphatic hydroxyl groups excluding tert-OH is 1. The minimum Gasteiger partial charge on any atom is -0.485 e. The summed E-state index contributed by atoms with van der Waals surface area (Å²) in [7, 11) is 0. The molecular weight excluding hydrogens is 248 g/mol. The Morgan fingerprint density at radius 2 is 1.89 bits per heavy atom. The molecule has 2 atom stereocenters. The Morgan fingerprint density at radius 1 is 1.11 bits per heavy atom. The molecule has 92 valence electrons. The number of benzene rings is 2. The van der Waals surface area contributed by atoms with Gasteiger partial charge in [-0.2, -0.15) is 0 Å². The lowest BCUT2D eigenvalue weighted by atomic mass is 9.95. The van der Waals surface area contributed by atoms with Crippen LogP contribution in [0.3, 0.4) is 0 Å². The lowest BCUT2D eigenvalue weighted by Gasteiger charge is -2.30. The van der Waals surface area contributed by atoms with Crippen LogP contribution >= 0.6 is 11.6 Å². The van der Waals surface area contributed by atoms with Crippen molar-refractivity contribution in [1.82, 2.24) is 0 Å². The van der Waals surface area contributed by atoms with Crippen molar-refractivity contribution in [2.75, 3.05) is 0 Å². The van der Waals surface area contributed by atoms with E-state index in [4.69, 9.17) is 16.3 Å². The van der Waals surface area contributed by atoms with E-state index in [9.17, 15) is 5.11 Å². The zero-order valence-corrected chi connectivity index (χ0v) is 10.5. The predicted molar refractivity (Wildman–Crippen MR) is 70.8 cm³/mol. The second kappa shape index (κ2) is 4.63. The third-order valence-corrected chi connectivity index (χ3v) is 3.44. The molecule has 2 unspecified atom stereocenters. The summed E-state index contributed by atoms with van der Waals surface area (Å²) >= 11 is 5.93. The molecular formula is C15H13ClO2. The standard InChI is InChI=1S/C15H13ClO2/c16-11-6-7-14-12(8-11)13(17)9-15(18-14)10-4-2-1-3-5-10/h1-8,13,15,17H,9H2. The van der Waals surface area contributed by atoms with Crippen LogP contribution in [-0.2, 0) is 0 Å². The van der Waals surface area contributed by atoms with E-state index in [-0.39, 0.29) is 6.10 Å². The van der Waals surface area contributed by atoms with Gasteiger partial charge in [0.05, 0.1) is 6.10 Å². The number of halogens is 1. The van der Waals surface area contributed by atoms with Crippen LogP contribution < -0.4 is 4.74 Å². The number of hydrogen-bond acceptors (Lipinski definition) is 2. The van der Waals surface area contributed by atoms with Crippen molar-refractivity contribution >= 4 is 11.6 Å². The highest BCUT2D eigenvalue weighted by Gasteiger charge is 2.27. The van der Waals surface area contributed by atoms with Crippen LogP contribution in [0, 0.1) is 0 Å². The van der Waals surface area contributed by atoms with Gasteiger partial charge in [-0.05, 0) is 23.8 Å². The van der Waals surface area contributed by atoms with Gasteiger partial charge in [0.25, 0.3) is 0 Å². The fourth-order valence-electron chi connectivity index (χ4n) is 2.29. The second-order valence-electron chi connectivity index (χ2n) is 4.45. The molecule has 0 fully saturated rings. The number of aliphatic hydroxyl groups is 1. The maximum Gasteiger partial charge on any atom is 0.127 e. The summed E-state index contributed by atoms with van der Waals surface area (Å²) < 4.78 is 5.92. The highest BCUT2D eigenvalue weighted by molar-refractivity contribution is 6.30. The van der Waals surface area contributed by atoms with Gasteiger partial charge in [-0.3, -0.25) is 0 Å². The van der Waals surface area contributed by atoms with Crippen molar-refractivity contribution in [2.45, 2.75) is 18.6 Å². The first-order valence-electron chi connectivity index (χ1n) is 5.93. The molecule has 0 aromatic heterocycles. The highest BCUT2D eigenvalue weighted by atomic mass is 35.5. The molecule has 0 aliphatic carbocycles. The summed E-state index contributed by atoms with van der Waals surface area (Å²) in [6.07, 6.45) is -0.0790. The maximum atomic E-state index is 10.2. The van der Waals surface area contributed by atoms with Crippen molar-refractivity contribution in [2.24, 2.45) is 0 Å². The maximum absolute atomic E-state index is 10.2. The average Bonchev–Trinajstić information content (AvgIpc) is 2.40. The van der Waals surface area contributed by atoms with Gasteiger partial charge < -0.3 is 9.84 Å². The van der Waals surface area contributed by atoms with Crippen molar-refractivity contribution in [3.63, 3.8) is 0 Å². The predicted octanol–water partition coefficient (Wildman–Crippen LogP) is 3.90. The Kier molecular flexibility index (Phi) is 2.98. The minimum absolute atomic E-state index is 0.102. The number of ether oxygens (including phenoxy) is 1. The summed E-state index contributed by atoms with van der Waals surface area (Å²) in [6, 6.07) is 15.3. The molecule has 0 bridgehead atoms. The van der Waals surface area contributed by atoms with Crippen LogP contribution in [0.4, 0.5) is 0 Å². The molecule has 3 heteroatoms. The van der Waals surface area contributed by atoms with E-state index in [1.165, 1.54) is 0 Å². The molecule has 0 radical (unpaired) electrons. The van der Waals surface area contributed by atoms with Crippen LogP contribution in [0.2, 0.25) is 5.02 Å². The van der Waals surface area contributed by atoms with Crippen molar-refractivity contribution < 1.29 is 9.84 Å². The fraction of sp³-hybridized carbons (Fsp3) is 0.200. The second-order valence-corrected chi connectivity index (χ2v) is 4.89. The molecule has 2 aromatic rings. The number of hydrogen-bond donors (Lipinski definition) is 1.